The zero-order valence-corrected chi connectivity index (χ0v) is 34.3. The Bertz CT molecular complexity index is 1970. The zero-order chi connectivity index (χ0) is 40.6. The number of methoxy groups -OCH3 is 2. The normalized spacial score (nSPS) is 25.4. The Morgan fingerprint density at radius 2 is 1.33 bits per heavy atom. The lowest BCUT2D eigenvalue weighted by atomic mass is 9.51. The van der Waals surface area contributed by atoms with Gasteiger partial charge < -0.3 is 39.9 Å². The zero-order valence-electron chi connectivity index (χ0n) is 34.3. The average molecular weight is 783 g/mol. The number of H-pyrrole nitrogens is 2. The monoisotopic (exact) mass is 782 g/mol. The summed E-state index contributed by atoms with van der Waals surface area (Å²) in [6, 6.07) is 7.00. The Balaban J connectivity index is 1.00. The molecule has 2 aromatic heterocycles. The standard InChI is InChI=1S/C43H58N8O6/c1-25(2)34(48-40(54)56-6)38(52)50-20-8-9-31(50)36-45-23-33(47-36)43-17-14-42(15-18-43,16-19-43)29-12-10-28(11-13-29)30-22-44-37(46-30)32-21-27(5)24-51(32)39(53)35(26(3)4)49-41(55)57-7/h10-13,21-23,25-26,31-32,34-35H,8-9,14-20,24H2,1-7H3,(H,44,46)(H,45,47)(H,48,54)(H,49,55)/t31-,32-,34-,35-,42?,43?/m0/s1. The Morgan fingerprint density at radius 1 is 0.772 bits per heavy atom. The number of likely N-dealkylation sites (tertiary alicyclic amines) is 1. The number of nitrogens with zero attached hydrogens (tertiary/aromatic N) is 4. The van der Waals surface area contributed by atoms with Gasteiger partial charge in [-0.15, -0.1) is 0 Å². The highest BCUT2D eigenvalue weighted by Gasteiger charge is 2.51. The fraction of sp³-hybridized carbons (Fsp3) is 0.581. The molecular weight excluding hydrogens is 725 g/mol. The number of hydrogen-bond donors (Lipinski definition) is 4. The summed E-state index contributed by atoms with van der Waals surface area (Å²) in [6.07, 6.45) is 12.9. The topological polar surface area (TPSA) is 175 Å². The van der Waals surface area contributed by atoms with Crippen LogP contribution in [-0.2, 0) is 29.9 Å². The van der Waals surface area contributed by atoms with Gasteiger partial charge in [-0.1, -0.05) is 63.6 Å². The van der Waals surface area contributed by atoms with Crippen molar-refractivity contribution in [1.29, 1.82) is 0 Å². The quantitative estimate of drug-likeness (QED) is 0.158. The maximum atomic E-state index is 13.7. The van der Waals surface area contributed by atoms with Crippen molar-refractivity contribution in [2.75, 3.05) is 27.3 Å². The second kappa shape index (κ2) is 16.0. The van der Waals surface area contributed by atoms with Crippen molar-refractivity contribution in [1.82, 2.24) is 40.4 Å². The van der Waals surface area contributed by atoms with Gasteiger partial charge in [0.05, 0.1) is 32.2 Å². The minimum Gasteiger partial charge on any atom is -0.453 e. The third kappa shape index (κ3) is 7.66. The summed E-state index contributed by atoms with van der Waals surface area (Å²) in [5.74, 6) is 1.03. The highest BCUT2D eigenvalue weighted by molar-refractivity contribution is 5.87. The van der Waals surface area contributed by atoms with E-state index >= 15 is 0 Å². The van der Waals surface area contributed by atoms with Crippen LogP contribution in [0.5, 0.6) is 0 Å². The lowest BCUT2D eigenvalue weighted by Gasteiger charge is -2.53. The van der Waals surface area contributed by atoms with Crippen molar-refractivity contribution < 1.29 is 28.7 Å². The minimum atomic E-state index is -0.718. The van der Waals surface area contributed by atoms with E-state index in [1.54, 1.807) is 4.90 Å². The summed E-state index contributed by atoms with van der Waals surface area (Å²) in [6.45, 7) is 10.7. The predicted octanol–water partition coefficient (Wildman–Crippen LogP) is 6.60. The molecule has 1 saturated heterocycles. The molecule has 4 atom stereocenters. The van der Waals surface area contributed by atoms with Crippen molar-refractivity contribution >= 4 is 24.0 Å². The molecule has 3 aromatic rings. The Kier molecular flexibility index (Phi) is 11.3. The SMILES string of the molecule is COC(=O)N[C@H](C(=O)N1CC(C)=C[C@H]1c1ncc(-c2ccc(C34CCC(c5cnc([C@@H]6CCCN6C(=O)[C@@H](NC(=O)OC)C(C)C)[nH]5)(CC3)CC4)cc2)[nH]1)C(C)C. The van der Waals surface area contributed by atoms with Gasteiger partial charge in [0.25, 0.3) is 0 Å². The van der Waals surface area contributed by atoms with Crippen LogP contribution in [0.25, 0.3) is 11.3 Å². The average Bonchev–Trinajstić information content (AvgIpc) is 4.06. The number of rotatable bonds is 11. The molecule has 14 nitrogen and oxygen atoms in total. The number of aromatic amines is 2. The fourth-order valence-corrected chi connectivity index (χ4v) is 9.73. The molecule has 3 saturated carbocycles. The van der Waals surface area contributed by atoms with Crippen LogP contribution in [0.15, 0.2) is 48.3 Å². The summed E-state index contributed by atoms with van der Waals surface area (Å²) in [5, 5.41) is 5.44. The molecule has 2 aliphatic heterocycles. The van der Waals surface area contributed by atoms with Crippen LogP contribution in [0, 0.1) is 11.8 Å². The molecule has 5 aliphatic rings. The van der Waals surface area contributed by atoms with Crippen LogP contribution in [0.4, 0.5) is 9.59 Å². The van der Waals surface area contributed by atoms with E-state index in [9.17, 15) is 19.2 Å². The molecule has 57 heavy (non-hydrogen) atoms. The molecular formula is C43H58N8O6. The Labute approximate surface area is 334 Å². The summed E-state index contributed by atoms with van der Waals surface area (Å²) in [4.78, 5) is 71.9. The van der Waals surface area contributed by atoms with Gasteiger partial charge in [0, 0.05) is 30.4 Å². The summed E-state index contributed by atoms with van der Waals surface area (Å²) < 4.78 is 9.58. The first-order valence-electron chi connectivity index (χ1n) is 20.5. The van der Waals surface area contributed by atoms with Crippen LogP contribution < -0.4 is 10.6 Å². The van der Waals surface area contributed by atoms with Gasteiger partial charge in [-0.25, -0.2) is 19.6 Å². The number of aromatic nitrogens is 4. The molecule has 3 aliphatic carbocycles. The number of alkyl carbamates (subject to hydrolysis) is 2. The van der Waals surface area contributed by atoms with Gasteiger partial charge in [0.2, 0.25) is 11.8 Å². The molecule has 8 rings (SSSR count). The number of nitrogens with one attached hydrogen (secondary N) is 4. The van der Waals surface area contributed by atoms with Crippen LogP contribution in [0.3, 0.4) is 0 Å². The molecule has 4 heterocycles. The number of amides is 4. The molecule has 2 bridgehead atoms. The molecule has 14 heteroatoms. The molecule has 4 fully saturated rings. The summed E-state index contributed by atoms with van der Waals surface area (Å²) >= 11 is 0. The van der Waals surface area contributed by atoms with Crippen molar-refractivity contribution in [3.05, 3.63) is 71.2 Å². The van der Waals surface area contributed by atoms with Gasteiger partial charge in [-0.2, -0.15) is 0 Å². The molecule has 0 unspecified atom stereocenters. The number of fused-ring (bicyclic) bond motifs is 3. The van der Waals surface area contributed by atoms with E-state index < -0.39 is 24.3 Å². The molecule has 1 aromatic carbocycles. The van der Waals surface area contributed by atoms with Crippen molar-refractivity contribution in [2.24, 2.45) is 11.8 Å². The minimum absolute atomic E-state index is 0.0481. The van der Waals surface area contributed by atoms with Gasteiger partial charge in [-0.3, -0.25) is 9.59 Å². The van der Waals surface area contributed by atoms with E-state index in [0.29, 0.717) is 18.9 Å². The molecule has 0 spiro atoms. The van der Waals surface area contributed by atoms with Crippen LogP contribution in [0.1, 0.15) is 121 Å². The number of carbonyl (C=O) groups is 4. The second-order valence-electron chi connectivity index (χ2n) is 17.3. The van der Waals surface area contributed by atoms with Crippen LogP contribution in [-0.4, -0.2) is 93.1 Å². The second-order valence-corrected chi connectivity index (χ2v) is 17.3. The summed E-state index contributed by atoms with van der Waals surface area (Å²) in [5.41, 5.74) is 5.70. The first-order chi connectivity index (χ1) is 27.3. The Hall–Kier alpha value is -5.14. The van der Waals surface area contributed by atoms with E-state index in [1.165, 1.54) is 25.5 Å². The molecule has 306 valence electrons. The van der Waals surface area contributed by atoms with Crippen LogP contribution >= 0.6 is 0 Å². The number of carbonyl (C=O) groups excluding carboxylic acids is 4. The first kappa shape index (κ1) is 40.1. The third-order valence-electron chi connectivity index (χ3n) is 13.2. The Morgan fingerprint density at radius 3 is 1.91 bits per heavy atom. The van der Waals surface area contributed by atoms with Gasteiger partial charge >= 0.3 is 12.2 Å². The van der Waals surface area contributed by atoms with E-state index in [-0.39, 0.29) is 46.6 Å². The number of benzene rings is 1. The number of imidazole rings is 2. The van der Waals surface area contributed by atoms with Gasteiger partial charge in [0.15, 0.2) is 0 Å². The predicted molar refractivity (Wildman–Crippen MR) is 214 cm³/mol. The van der Waals surface area contributed by atoms with E-state index in [4.69, 9.17) is 19.4 Å². The third-order valence-corrected chi connectivity index (χ3v) is 13.2. The van der Waals surface area contributed by atoms with Gasteiger partial charge in [-0.05, 0) is 86.7 Å². The van der Waals surface area contributed by atoms with Crippen molar-refractivity contribution in [2.45, 2.75) is 121 Å². The maximum Gasteiger partial charge on any atom is 0.407 e. The number of hydrogen-bond acceptors (Lipinski definition) is 8. The van der Waals surface area contributed by atoms with Gasteiger partial charge in [0.1, 0.15) is 29.8 Å². The smallest absolute Gasteiger partial charge is 0.407 e. The van der Waals surface area contributed by atoms with Crippen molar-refractivity contribution in [3.63, 3.8) is 0 Å². The summed E-state index contributed by atoms with van der Waals surface area (Å²) in [7, 11) is 2.60. The lowest BCUT2D eigenvalue weighted by Crippen LogP contribution is -2.51. The maximum absolute atomic E-state index is 13.7. The fourth-order valence-electron chi connectivity index (χ4n) is 9.73. The van der Waals surface area contributed by atoms with E-state index in [2.05, 4.69) is 50.9 Å². The largest absolute Gasteiger partial charge is 0.453 e. The molecule has 4 amide bonds. The van der Waals surface area contributed by atoms with E-state index in [1.807, 2.05) is 51.9 Å². The van der Waals surface area contributed by atoms with E-state index in [0.717, 1.165) is 74.0 Å². The highest BCUT2D eigenvalue weighted by atomic mass is 16.5. The highest BCUT2D eigenvalue weighted by Crippen LogP contribution is 2.58. The van der Waals surface area contributed by atoms with Crippen molar-refractivity contribution in [3.8, 4) is 11.3 Å². The first-order valence-corrected chi connectivity index (χ1v) is 20.5. The molecule has 4 N–H and O–H groups in total. The van der Waals surface area contributed by atoms with Crippen LogP contribution in [0.2, 0.25) is 0 Å². The molecule has 0 radical (unpaired) electrons. The lowest BCUT2D eigenvalue weighted by molar-refractivity contribution is -0.136. The number of ether oxygens (including phenoxy) is 2.